The SMILES string of the molecule is NC1COCC1CN1CCN(c2ncccn2)CC1. The van der Waals surface area contributed by atoms with Crippen LogP contribution in [0.15, 0.2) is 18.5 Å². The third kappa shape index (κ3) is 3.02. The Morgan fingerprint density at radius 1 is 1.16 bits per heavy atom. The minimum Gasteiger partial charge on any atom is -0.379 e. The summed E-state index contributed by atoms with van der Waals surface area (Å²) in [5.74, 6) is 1.32. The van der Waals surface area contributed by atoms with Gasteiger partial charge in [-0.3, -0.25) is 4.90 Å². The highest BCUT2D eigenvalue weighted by atomic mass is 16.5. The van der Waals surface area contributed by atoms with Gasteiger partial charge in [-0.2, -0.15) is 0 Å². The zero-order valence-corrected chi connectivity index (χ0v) is 11.1. The summed E-state index contributed by atoms with van der Waals surface area (Å²) in [6.45, 7) is 6.61. The van der Waals surface area contributed by atoms with Gasteiger partial charge in [0.05, 0.1) is 13.2 Å². The molecule has 2 N–H and O–H groups in total. The van der Waals surface area contributed by atoms with E-state index in [9.17, 15) is 0 Å². The van der Waals surface area contributed by atoms with E-state index in [-0.39, 0.29) is 6.04 Å². The van der Waals surface area contributed by atoms with Crippen LogP contribution >= 0.6 is 0 Å². The number of hydrogen-bond acceptors (Lipinski definition) is 6. The zero-order chi connectivity index (χ0) is 13.1. The number of rotatable bonds is 3. The van der Waals surface area contributed by atoms with Crippen molar-refractivity contribution >= 4 is 5.95 Å². The molecule has 3 rings (SSSR count). The summed E-state index contributed by atoms with van der Waals surface area (Å²) in [6, 6.07) is 2.05. The fraction of sp³-hybridized carbons (Fsp3) is 0.692. The van der Waals surface area contributed by atoms with Crippen molar-refractivity contribution in [3.8, 4) is 0 Å². The molecule has 1 aromatic rings. The van der Waals surface area contributed by atoms with E-state index in [1.807, 2.05) is 6.07 Å². The molecule has 2 unspecified atom stereocenters. The smallest absolute Gasteiger partial charge is 0.225 e. The maximum absolute atomic E-state index is 6.03. The van der Waals surface area contributed by atoms with Crippen LogP contribution in [-0.2, 0) is 4.74 Å². The first-order chi connectivity index (χ1) is 9.33. The largest absolute Gasteiger partial charge is 0.379 e. The van der Waals surface area contributed by atoms with E-state index in [0.29, 0.717) is 12.5 Å². The van der Waals surface area contributed by atoms with Crippen LogP contribution in [0, 0.1) is 5.92 Å². The fourth-order valence-electron chi connectivity index (χ4n) is 2.72. The molecule has 1 aromatic heterocycles. The van der Waals surface area contributed by atoms with Crippen molar-refractivity contribution in [1.29, 1.82) is 0 Å². The minimum atomic E-state index is 0.204. The lowest BCUT2D eigenvalue weighted by molar-refractivity contribution is 0.164. The maximum atomic E-state index is 6.03. The summed E-state index contributed by atoms with van der Waals surface area (Å²) in [5.41, 5.74) is 6.03. The van der Waals surface area contributed by atoms with Gasteiger partial charge < -0.3 is 15.4 Å². The predicted molar refractivity (Wildman–Crippen MR) is 73.0 cm³/mol. The van der Waals surface area contributed by atoms with Gasteiger partial charge in [-0.15, -0.1) is 0 Å². The van der Waals surface area contributed by atoms with Crippen LogP contribution in [-0.4, -0.2) is 66.8 Å². The molecule has 2 aliphatic rings. The third-order valence-electron chi connectivity index (χ3n) is 3.95. The Morgan fingerprint density at radius 3 is 2.53 bits per heavy atom. The van der Waals surface area contributed by atoms with Crippen LogP contribution in [0.3, 0.4) is 0 Å². The molecule has 2 saturated heterocycles. The number of nitrogens with zero attached hydrogens (tertiary/aromatic N) is 4. The lowest BCUT2D eigenvalue weighted by Crippen LogP contribution is -2.50. The van der Waals surface area contributed by atoms with Crippen LogP contribution in [0.4, 0.5) is 5.95 Å². The van der Waals surface area contributed by atoms with Crippen molar-refractivity contribution in [2.24, 2.45) is 11.7 Å². The van der Waals surface area contributed by atoms with Crippen LogP contribution in [0.5, 0.6) is 0 Å². The Bertz CT molecular complexity index is 393. The first-order valence-electron chi connectivity index (χ1n) is 6.90. The van der Waals surface area contributed by atoms with E-state index in [2.05, 4.69) is 19.8 Å². The van der Waals surface area contributed by atoms with E-state index < -0.39 is 0 Å². The van der Waals surface area contributed by atoms with E-state index in [1.54, 1.807) is 12.4 Å². The normalized spacial score (nSPS) is 28.8. The molecule has 0 bridgehead atoms. The molecule has 6 nitrogen and oxygen atoms in total. The van der Waals surface area contributed by atoms with Crippen LogP contribution < -0.4 is 10.6 Å². The topological polar surface area (TPSA) is 67.5 Å². The highest BCUT2D eigenvalue weighted by Crippen LogP contribution is 2.16. The molecule has 2 fully saturated rings. The van der Waals surface area contributed by atoms with E-state index in [0.717, 1.165) is 45.3 Å². The Kier molecular flexibility index (Phi) is 3.91. The molecule has 0 aliphatic carbocycles. The molecule has 0 saturated carbocycles. The predicted octanol–water partition coefficient (Wildman–Crippen LogP) is -0.428. The number of hydrogen-bond donors (Lipinski definition) is 1. The van der Waals surface area contributed by atoms with Crippen LogP contribution in [0.25, 0.3) is 0 Å². The fourth-order valence-corrected chi connectivity index (χ4v) is 2.72. The number of aromatic nitrogens is 2. The van der Waals surface area contributed by atoms with Crippen molar-refractivity contribution in [3.63, 3.8) is 0 Å². The number of ether oxygens (including phenoxy) is 1. The van der Waals surface area contributed by atoms with E-state index in [1.165, 1.54) is 0 Å². The average Bonchev–Trinajstić information content (AvgIpc) is 2.86. The molecule has 0 spiro atoms. The van der Waals surface area contributed by atoms with Gasteiger partial charge in [0.15, 0.2) is 0 Å². The summed E-state index contributed by atoms with van der Waals surface area (Å²) >= 11 is 0. The maximum Gasteiger partial charge on any atom is 0.225 e. The second kappa shape index (κ2) is 5.81. The summed E-state index contributed by atoms with van der Waals surface area (Å²) < 4.78 is 5.42. The highest BCUT2D eigenvalue weighted by molar-refractivity contribution is 5.29. The van der Waals surface area contributed by atoms with E-state index in [4.69, 9.17) is 10.5 Å². The number of anilines is 1. The molecule has 2 aliphatic heterocycles. The van der Waals surface area contributed by atoms with Crippen molar-refractivity contribution < 1.29 is 4.74 Å². The molecular weight excluding hydrogens is 242 g/mol. The van der Waals surface area contributed by atoms with Crippen molar-refractivity contribution in [2.45, 2.75) is 6.04 Å². The van der Waals surface area contributed by atoms with Crippen molar-refractivity contribution in [3.05, 3.63) is 18.5 Å². The molecule has 104 valence electrons. The molecule has 0 aromatic carbocycles. The monoisotopic (exact) mass is 263 g/mol. The Balaban J connectivity index is 1.49. The second-order valence-electron chi connectivity index (χ2n) is 5.30. The van der Waals surface area contributed by atoms with Gasteiger partial charge in [-0.05, 0) is 6.07 Å². The molecule has 3 heterocycles. The van der Waals surface area contributed by atoms with Gasteiger partial charge in [-0.1, -0.05) is 0 Å². The van der Waals surface area contributed by atoms with E-state index >= 15 is 0 Å². The summed E-state index contributed by atoms with van der Waals surface area (Å²) in [5, 5.41) is 0. The number of piperazine rings is 1. The lowest BCUT2D eigenvalue weighted by atomic mass is 10.0. The van der Waals surface area contributed by atoms with Crippen molar-refractivity contribution in [1.82, 2.24) is 14.9 Å². The lowest BCUT2D eigenvalue weighted by Gasteiger charge is -2.36. The van der Waals surface area contributed by atoms with Gasteiger partial charge in [-0.25, -0.2) is 9.97 Å². The first-order valence-corrected chi connectivity index (χ1v) is 6.90. The van der Waals surface area contributed by atoms with Crippen LogP contribution in [0.1, 0.15) is 0 Å². The van der Waals surface area contributed by atoms with Gasteiger partial charge in [0, 0.05) is 57.1 Å². The molecule has 2 atom stereocenters. The summed E-state index contributed by atoms with van der Waals surface area (Å²) in [6.07, 6.45) is 3.59. The zero-order valence-electron chi connectivity index (χ0n) is 11.1. The Hall–Kier alpha value is -1.24. The number of nitrogens with two attached hydrogens (primary N) is 1. The van der Waals surface area contributed by atoms with Gasteiger partial charge in [0.25, 0.3) is 0 Å². The molecule has 0 amide bonds. The van der Waals surface area contributed by atoms with Gasteiger partial charge >= 0.3 is 0 Å². The average molecular weight is 263 g/mol. The Labute approximate surface area is 113 Å². The van der Waals surface area contributed by atoms with Crippen molar-refractivity contribution in [2.75, 3.05) is 50.8 Å². The Morgan fingerprint density at radius 2 is 1.89 bits per heavy atom. The quantitative estimate of drug-likeness (QED) is 0.798. The minimum absolute atomic E-state index is 0.204. The molecular formula is C13H21N5O. The molecule has 19 heavy (non-hydrogen) atoms. The second-order valence-corrected chi connectivity index (χ2v) is 5.30. The van der Waals surface area contributed by atoms with Gasteiger partial charge in [0.1, 0.15) is 0 Å². The van der Waals surface area contributed by atoms with Gasteiger partial charge in [0.2, 0.25) is 5.95 Å². The third-order valence-corrected chi connectivity index (χ3v) is 3.95. The summed E-state index contributed by atoms with van der Waals surface area (Å²) in [7, 11) is 0. The molecule has 6 heteroatoms. The molecule has 0 radical (unpaired) electrons. The summed E-state index contributed by atoms with van der Waals surface area (Å²) in [4.78, 5) is 13.3. The standard InChI is InChI=1S/C13H21N5O/c14-12-10-19-9-11(12)8-17-4-6-18(7-5-17)13-15-2-1-3-16-13/h1-3,11-12H,4-10,14H2. The first kappa shape index (κ1) is 12.8. The highest BCUT2D eigenvalue weighted by Gasteiger charge is 2.28. The van der Waals surface area contributed by atoms with Crippen LogP contribution in [0.2, 0.25) is 0 Å².